The molecule has 3 heterocycles. The van der Waals surface area contributed by atoms with Gasteiger partial charge in [-0.1, -0.05) is 58.7 Å². The molecule has 2 fully saturated rings. The van der Waals surface area contributed by atoms with Gasteiger partial charge in [0.1, 0.15) is 4.90 Å². The van der Waals surface area contributed by atoms with E-state index in [4.69, 9.17) is 0 Å². The number of aromatic nitrogens is 1. The third-order valence-corrected chi connectivity index (χ3v) is 9.57. The lowest BCUT2D eigenvalue weighted by Crippen LogP contribution is -2.60. The molecule has 0 radical (unpaired) electrons. The number of carbonyl (C=O) groups excluding carboxylic acids is 1. The number of amides is 1. The number of pyridine rings is 1. The Morgan fingerprint density at radius 3 is 2.48 bits per heavy atom. The Morgan fingerprint density at radius 2 is 1.82 bits per heavy atom. The van der Waals surface area contributed by atoms with Gasteiger partial charge in [-0.05, 0) is 36.8 Å². The number of nitrogens with one attached hydrogen (secondary N) is 1. The van der Waals surface area contributed by atoms with Crippen LogP contribution in [0.4, 0.5) is 0 Å². The summed E-state index contributed by atoms with van der Waals surface area (Å²) in [5.41, 5.74) is 0.0298. The fraction of sp³-hybridized carbons (Fsp3) is 0.600. The summed E-state index contributed by atoms with van der Waals surface area (Å²) >= 11 is 0. The summed E-state index contributed by atoms with van der Waals surface area (Å²) in [5.74, 6) is 0.797. The highest BCUT2D eigenvalue weighted by molar-refractivity contribution is 7.89. The Bertz CT molecular complexity index is 1110. The maximum absolute atomic E-state index is 13.6. The summed E-state index contributed by atoms with van der Waals surface area (Å²) in [6.07, 6.45) is 4.72. The Labute approximate surface area is 197 Å². The van der Waals surface area contributed by atoms with E-state index in [0.29, 0.717) is 43.9 Å². The first-order chi connectivity index (χ1) is 15.7. The number of fused-ring (bicyclic) bond motifs is 1. The number of rotatable bonds is 7. The topological polar surface area (TPSA) is 82.6 Å². The monoisotopic (exact) mass is 472 g/mol. The van der Waals surface area contributed by atoms with Crippen molar-refractivity contribution >= 4 is 26.8 Å². The first-order valence-corrected chi connectivity index (χ1v) is 13.6. The zero-order valence-corrected chi connectivity index (χ0v) is 20.9. The molecule has 0 bridgehead atoms. The smallest absolute Gasteiger partial charge is 0.245 e. The van der Waals surface area contributed by atoms with Crippen LogP contribution in [0.1, 0.15) is 53.4 Å². The number of hydrogen-bond acceptors (Lipinski definition) is 5. The zero-order valence-electron chi connectivity index (χ0n) is 20.1. The average molecular weight is 473 g/mol. The molecule has 2 aliphatic rings. The second-order valence-corrected chi connectivity index (χ2v) is 11.6. The molecule has 33 heavy (non-hydrogen) atoms. The van der Waals surface area contributed by atoms with E-state index < -0.39 is 15.7 Å². The van der Waals surface area contributed by atoms with Crippen molar-refractivity contribution in [2.24, 2.45) is 11.8 Å². The quantitative estimate of drug-likeness (QED) is 0.666. The van der Waals surface area contributed by atoms with Gasteiger partial charge in [0.25, 0.3) is 0 Å². The van der Waals surface area contributed by atoms with Crippen molar-refractivity contribution < 1.29 is 13.2 Å². The Kier molecular flexibility index (Phi) is 6.80. The van der Waals surface area contributed by atoms with Gasteiger partial charge in [0, 0.05) is 31.2 Å². The van der Waals surface area contributed by atoms with Gasteiger partial charge in [-0.25, -0.2) is 8.42 Å². The number of para-hydroxylation sites is 1. The third kappa shape index (κ3) is 4.29. The Morgan fingerprint density at radius 1 is 1.12 bits per heavy atom. The zero-order chi connectivity index (χ0) is 23.8. The van der Waals surface area contributed by atoms with Gasteiger partial charge in [0.2, 0.25) is 15.9 Å². The molecule has 1 N–H and O–H groups in total. The van der Waals surface area contributed by atoms with Crippen molar-refractivity contribution in [3.63, 3.8) is 0 Å². The van der Waals surface area contributed by atoms with Crippen molar-refractivity contribution in [3.8, 4) is 0 Å². The standard InChI is InChI=1S/C25H36N4O3S/c1-5-18(3)17-29-24(30)22(19(4)6-2)27-25(29)12-15-28(16-13-25)33(31,32)21-11-7-9-20-10-8-14-26-23(20)21/h7-11,14,18-19,22,27H,5-6,12-13,15-17H2,1-4H3/t18-,19-,22-/m0/s1. The fourth-order valence-corrected chi connectivity index (χ4v) is 6.68. The van der Waals surface area contributed by atoms with E-state index in [1.54, 1.807) is 22.6 Å². The molecule has 7 nitrogen and oxygen atoms in total. The van der Waals surface area contributed by atoms with Gasteiger partial charge >= 0.3 is 0 Å². The van der Waals surface area contributed by atoms with Gasteiger partial charge in [-0.3, -0.25) is 15.1 Å². The first kappa shape index (κ1) is 24.1. The Hall–Kier alpha value is -2.03. The first-order valence-electron chi connectivity index (χ1n) is 12.2. The van der Waals surface area contributed by atoms with E-state index in [9.17, 15) is 13.2 Å². The molecule has 2 aliphatic heterocycles. The molecule has 3 atom stereocenters. The van der Waals surface area contributed by atoms with Crippen LogP contribution in [0.2, 0.25) is 0 Å². The third-order valence-electron chi connectivity index (χ3n) is 7.64. The summed E-state index contributed by atoms with van der Waals surface area (Å²) < 4.78 is 28.7. The van der Waals surface area contributed by atoms with Gasteiger partial charge in [0.05, 0.1) is 17.2 Å². The second-order valence-electron chi connectivity index (χ2n) is 9.74. The van der Waals surface area contributed by atoms with E-state index in [1.165, 1.54) is 0 Å². The minimum Gasteiger partial charge on any atom is -0.323 e. The van der Waals surface area contributed by atoms with Crippen LogP contribution in [-0.2, 0) is 14.8 Å². The minimum absolute atomic E-state index is 0.166. The lowest BCUT2D eigenvalue weighted by molar-refractivity contribution is -0.134. The van der Waals surface area contributed by atoms with Crippen LogP contribution in [0.25, 0.3) is 10.9 Å². The van der Waals surface area contributed by atoms with Crippen molar-refractivity contribution in [1.82, 2.24) is 19.5 Å². The summed E-state index contributed by atoms with van der Waals surface area (Å²) in [6, 6.07) is 8.77. The summed E-state index contributed by atoms with van der Waals surface area (Å²) in [6.45, 7) is 9.98. The van der Waals surface area contributed by atoms with E-state index in [-0.39, 0.29) is 22.8 Å². The van der Waals surface area contributed by atoms with Gasteiger partial charge < -0.3 is 4.90 Å². The number of nitrogens with zero attached hydrogens (tertiary/aromatic N) is 3. The number of benzene rings is 1. The molecular formula is C25H36N4O3S. The second kappa shape index (κ2) is 9.31. The molecule has 0 aliphatic carbocycles. The van der Waals surface area contributed by atoms with Crippen LogP contribution in [0, 0.1) is 11.8 Å². The normalized spacial score (nSPS) is 23.3. The van der Waals surface area contributed by atoms with Crippen LogP contribution < -0.4 is 5.32 Å². The van der Waals surface area contributed by atoms with Crippen LogP contribution in [0.5, 0.6) is 0 Å². The van der Waals surface area contributed by atoms with Crippen LogP contribution in [-0.4, -0.2) is 59.9 Å². The summed E-state index contributed by atoms with van der Waals surface area (Å²) in [7, 11) is -3.69. The predicted octanol–water partition coefficient (Wildman–Crippen LogP) is 3.61. The van der Waals surface area contributed by atoms with Crippen LogP contribution >= 0.6 is 0 Å². The molecule has 1 aromatic heterocycles. The number of carbonyl (C=O) groups is 1. The molecule has 1 spiro atoms. The summed E-state index contributed by atoms with van der Waals surface area (Å²) in [5, 5.41) is 4.48. The average Bonchev–Trinajstić information content (AvgIpc) is 3.09. The molecule has 2 saturated heterocycles. The highest BCUT2D eigenvalue weighted by atomic mass is 32.2. The van der Waals surface area contributed by atoms with Crippen LogP contribution in [0.15, 0.2) is 41.4 Å². The van der Waals surface area contributed by atoms with E-state index in [2.05, 4.69) is 38.0 Å². The minimum atomic E-state index is -3.69. The van der Waals surface area contributed by atoms with E-state index in [1.807, 2.05) is 23.1 Å². The van der Waals surface area contributed by atoms with Crippen LogP contribution in [0.3, 0.4) is 0 Å². The van der Waals surface area contributed by atoms with Crippen molar-refractivity contribution in [2.75, 3.05) is 19.6 Å². The molecule has 8 heteroatoms. The highest BCUT2D eigenvalue weighted by Crippen LogP contribution is 2.37. The summed E-state index contributed by atoms with van der Waals surface area (Å²) in [4.78, 5) is 20.0. The highest BCUT2D eigenvalue weighted by Gasteiger charge is 2.53. The molecule has 1 amide bonds. The number of hydrogen-bond donors (Lipinski definition) is 1. The maximum Gasteiger partial charge on any atom is 0.245 e. The predicted molar refractivity (Wildman–Crippen MR) is 130 cm³/mol. The fourth-order valence-electron chi connectivity index (χ4n) is 5.07. The molecule has 0 unspecified atom stereocenters. The molecular weight excluding hydrogens is 436 g/mol. The van der Waals surface area contributed by atoms with Gasteiger partial charge in [-0.15, -0.1) is 0 Å². The largest absolute Gasteiger partial charge is 0.323 e. The van der Waals surface area contributed by atoms with E-state index in [0.717, 1.165) is 18.2 Å². The van der Waals surface area contributed by atoms with Crippen molar-refractivity contribution in [2.45, 2.75) is 70.0 Å². The molecule has 2 aromatic rings. The number of piperidine rings is 1. The molecule has 1 aromatic carbocycles. The SMILES string of the molecule is CC[C@H](C)CN1C(=O)[C@H]([C@@H](C)CC)NC12CCN(S(=O)(=O)c1cccc3cccnc13)CC2. The number of sulfonamides is 1. The lowest BCUT2D eigenvalue weighted by atomic mass is 9.95. The molecule has 180 valence electrons. The maximum atomic E-state index is 13.6. The molecule has 4 rings (SSSR count). The van der Waals surface area contributed by atoms with Gasteiger partial charge in [-0.2, -0.15) is 4.31 Å². The van der Waals surface area contributed by atoms with Crippen molar-refractivity contribution in [1.29, 1.82) is 0 Å². The van der Waals surface area contributed by atoms with Crippen molar-refractivity contribution in [3.05, 3.63) is 36.5 Å². The van der Waals surface area contributed by atoms with E-state index >= 15 is 0 Å². The molecule has 0 saturated carbocycles. The van der Waals surface area contributed by atoms with Gasteiger partial charge in [0.15, 0.2) is 0 Å². The lowest BCUT2D eigenvalue weighted by Gasteiger charge is -2.45. The Balaban J connectivity index is 1.60.